The molecule has 0 bridgehead atoms. The van der Waals surface area contributed by atoms with Crippen LogP contribution in [0.3, 0.4) is 0 Å². The van der Waals surface area contributed by atoms with Crippen molar-refractivity contribution in [3.8, 4) is 0 Å². The van der Waals surface area contributed by atoms with Gasteiger partial charge in [0, 0.05) is 28.9 Å². The molecule has 0 aliphatic carbocycles. The molecule has 2 rings (SSSR count). The standard InChI is InChI=1S/C16H28N2S/c1-12(2)17-10-16-9-15(14(4)19-16)11-18-7-5-13(3)6-8-18/h9,12-13,17H,5-8,10-11H2,1-4H3. The zero-order chi connectivity index (χ0) is 13.8. The Labute approximate surface area is 122 Å². The van der Waals surface area contributed by atoms with Gasteiger partial charge >= 0.3 is 0 Å². The van der Waals surface area contributed by atoms with Gasteiger partial charge in [-0.05, 0) is 50.4 Å². The number of nitrogens with one attached hydrogen (secondary N) is 1. The predicted octanol–water partition coefficient (Wildman–Crippen LogP) is 3.79. The summed E-state index contributed by atoms with van der Waals surface area (Å²) in [4.78, 5) is 5.60. The van der Waals surface area contributed by atoms with E-state index < -0.39 is 0 Å². The molecule has 1 aliphatic heterocycles. The minimum absolute atomic E-state index is 0.564. The summed E-state index contributed by atoms with van der Waals surface area (Å²) in [5.41, 5.74) is 1.54. The van der Waals surface area contributed by atoms with Crippen molar-refractivity contribution in [2.45, 2.75) is 59.7 Å². The number of nitrogens with zero attached hydrogens (tertiary/aromatic N) is 1. The smallest absolute Gasteiger partial charge is 0.0302 e. The van der Waals surface area contributed by atoms with Crippen molar-refractivity contribution in [2.24, 2.45) is 5.92 Å². The minimum Gasteiger partial charge on any atom is -0.310 e. The molecule has 19 heavy (non-hydrogen) atoms. The first-order chi connectivity index (χ1) is 9.04. The highest BCUT2D eigenvalue weighted by atomic mass is 32.1. The molecule has 1 aromatic rings. The summed E-state index contributed by atoms with van der Waals surface area (Å²) in [5.74, 6) is 0.922. The van der Waals surface area contributed by atoms with E-state index in [4.69, 9.17) is 0 Å². The lowest BCUT2D eigenvalue weighted by Crippen LogP contribution is -2.32. The fraction of sp³-hybridized carbons (Fsp3) is 0.750. The van der Waals surface area contributed by atoms with Gasteiger partial charge in [-0.25, -0.2) is 0 Å². The van der Waals surface area contributed by atoms with Crippen molar-refractivity contribution in [3.05, 3.63) is 21.4 Å². The number of likely N-dealkylation sites (tertiary alicyclic amines) is 1. The normalized spacial score (nSPS) is 18.4. The first-order valence-electron chi connectivity index (χ1n) is 7.58. The maximum atomic E-state index is 3.51. The molecule has 1 aromatic heterocycles. The summed E-state index contributed by atoms with van der Waals surface area (Å²) in [6.07, 6.45) is 2.73. The Morgan fingerprint density at radius 1 is 1.37 bits per heavy atom. The lowest BCUT2D eigenvalue weighted by atomic mass is 9.99. The van der Waals surface area contributed by atoms with Crippen LogP contribution >= 0.6 is 11.3 Å². The van der Waals surface area contributed by atoms with Crippen LogP contribution in [0.1, 0.15) is 48.9 Å². The highest BCUT2D eigenvalue weighted by molar-refractivity contribution is 7.12. The van der Waals surface area contributed by atoms with Gasteiger partial charge in [0.25, 0.3) is 0 Å². The molecule has 0 aromatic carbocycles. The third-order valence-corrected chi connectivity index (χ3v) is 5.12. The van der Waals surface area contributed by atoms with Crippen LogP contribution < -0.4 is 5.32 Å². The molecule has 1 saturated heterocycles. The Kier molecular flexibility index (Phi) is 5.43. The quantitative estimate of drug-likeness (QED) is 0.883. The molecule has 108 valence electrons. The van der Waals surface area contributed by atoms with E-state index in [1.54, 1.807) is 5.56 Å². The maximum Gasteiger partial charge on any atom is 0.0302 e. The second-order valence-corrected chi connectivity index (χ2v) is 7.63. The van der Waals surface area contributed by atoms with Crippen LogP contribution in [-0.2, 0) is 13.1 Å². The summed E-state index contributed by atoms with van der Waals surface area (Å²) in [6.45, 7) is 13.8. The van der Waals surface area contributed by atoms with Crippen LogP contribution in [0.25, 0.3) is 0 Å². The van der Waals surface area contributed by atoms with E-state index in [2.05, 4.69) is 44.0 Å². The van der Waals surface area contributed by atoms with Gasteiger partial charge in [-0.3, -0.25) is 4.90 Å². The Hall–Kier alpha value is -0.380. The topological polar surface area (TPSA) is 15.3 Å². The van der Waals surface area contributed by atoms with Gasteiger partial charge < -0.3 is 5.32 Å². The Bertz CT molecular complexity index is 389. The van der Waals surface area contributed by atoms with Gasteiger partial charge in [0.1, 0.15) is 0 Å². The fourth-order valence-electron chi connectivity index (χ4n) is 2.60. The van der Waals surface area contributed by atoms with E-state index in [0.29, 0.717) is 6.04 Å². The Balaban J connectivity index is 1.89. The highest BCUT2D eigenvalue weighted by Gasteiger charge is 2.17. The SMILES string of the molecule is Cc1sc(CNC(C)C)cc1CN1CCC(C)CC1. The number of piperidine rings is 1. The highest BCUT2D eigenvalue weighted by Crippen LogP contribution is 2.25. The molecule has 0 amide bonds. The van der Waals surface area contributed by atoms with E-state index in [9.17, 15) is 0 Å². The average Bonchev–Trinajstić information content (AvgIpc) is 2.71. The summed E-state index contributed by atoms with van der Waals surface area (Å²) in [6, 6.07) is 2.97. The first kappa shape index (κ1) is 15.0. The van der Waals surface area contributed by atoms with Crippen molar-refractivity contribution in [1.82, 2.24) is 10.2 Å². The van der Waals surface area contributed by atoms with Crippen LogP contribution in [0.15, 0.2) is 6.07 Å². The molecular weight excluding hydrogens is 252 g/mol. The van der Waals surface area contributed by atoms with Crippen molar-refractivity contribution in [1.29, 1.82) is 0 Å². The van der Waals surface area contributed by atoms with Crippen molar-refractivity contribution in [2.75, 3.05) is 13.1 Å². The summed E-state index contributed by atoms with van der Waals surface area (Å²) < 4.78 is 0. The lowest BCUT2D eigenvalue weighted by Gasteiger charge is -2.30. The second-order valence-electron chi connectivity index (χ2n) is 6.29. The van der Waals surface area contributed by atoms with E-state index in [1.165, 1.54) is 35.7 Å². The van der Waals surface area contributed by atoms with Crippen LogP contribution in [0.5, 0.6) is 0 Å². The minimum atomic E-state index is 0.564. The molecule has 3 heteroatoms. The van der Waals surface area contributed by atoms with E-state index >= 15 is 0 Å². The molecule has 1 aliphatic rings. The van der Waals surface area contributed by atoms with Crippen LogP contribution in [0.2, 0.25) is 0 Å². The lowest BCUT2D eigenvalue weighted by molar-refractivity contribution is 0.185. The summed E-state index contributed by atoms with van der Waals surface area (Å²) in [5, 5.41) is 3.51. The molecule has 0 atom stereocenters. The first-order valence-corrected chi connectivity index (χ1v) is 8.40. The molecule has 0 spiro atoms. The third kappa shape index (κ3) is 4.59. The largest absolute Gasteiger partial charge is 0.310 e. The molecule has 0 unspecified atom stereocenters. The van der Waals surface area contributed by atoms with Crippen LogP contribution in [-0.4, -0.2) is 24.0 Å². The van der Waals surface area contributed by atoms with Gasteiger partial charge in [0.2, 0.25) is 0 Å². The molecule has 2 heterocycles. The zero-order valence-corrected chi connectivity index (χ0v) is 13.6. The van der Waals surface area contributed by atoms with Crippen molar-refractivity contribution < 1.29 is 0 Å². The number of rotatable bonds is 5. The number of thiophene rings is 1. The zero-order valence-electron chi connectivity index (χ0n) is 12.8. The maximum absolute atomic E-state index is 3.51. The molecule has 1 fully saturated rings. The third-order valence-electron chi connectivity index (χ3n) is 4.03. The Morgan fingerprint density at radius 2 is 2.05 bits per heavy atom. The van der Waals surface area contributed by atoms with Crippen molar-refractivity contribution in [3.63, 3.8) is 0 Å². The van der Waals surface area contributed by atoms with Crippen molar-refractivity contribution >= 4 is 11.3 Å². The van der Waals surface area contributed by atoms with Gasteiger partial charge in [-0.2, -0.15) is 0 Å². The predicted molar refractivity (Wildman–Crippen MR) is 84.7 cm³/mol. The Morgan fingerprint density at radius 3 is 2.68 bits per heavy atom. The summed E-state index contributed by atoms with van der Waals surface area (Å²) in [7, 11) is 0. The number of aryl methyl sites for hydroxylation is 1. The number of hydrogen-bond acceptors (Lipinski definition) is 3. The molecule has 1 N–H and O–H groups in total. The molecule has 0 saturated carbocycles. The van der Waals surface area contributed by atoms with E-state index in [-0.39, 0.29) is 0 Å². The summed E-state index contributed by atoms with van der Waals surface area (Å²) >= 11 is 1.96. The number of hydrogen-bond donors (Lipinski definition) is 1. The monoisotopic (exact) mass is 280 g/mol. The van der Waals surface area contributed by atoms with E-state index in [1.807, 2.05) is 11.3 Å². The van der Waals surface area contributed by atoms with Gasteiger partial charge in [0.15, 0.2) is 0 Å². The van der Waals surface area contributed by atoms with E-state index in [0.717, 1.165) is 19.0 Å². The average molecular weight is 280 g/mol. The second kappa shape index (κ2) is 6.87. The van der Waals surface area contributed by atoms with Crippen LogP contribution in [0, 0.1) is 12.8 Å². The molecule has 2 nitrogen and oxygen atoms in total. The van der Waals surface area contributed by atoms with Crippen LogP contribution in [0.4, 0.5) is 0 Å². The van der Waals surface area contributed by atoms with Gasteiger partial charge in [-0.15, -0.1) is 11.3 Å². The fourth-order valence-corrected chi connectivity index (χ4v) is 3.60. The van der Waals surface area contributed by atoms with Gasteiger partial charge in [-0.1, -0.05) is 20.8 Å². The molecular formula is C16H28N2S. The molecule has 0 radical (unpaired) electrons. The van der Waals surface area contributed by atoms with Gasteiger partial charge in [0.05, 0.1) is 0 Å².